The van der Waals surface area contributed by atoms with E-state index in [-0.39, 0.29) is 17.4 Å². The van der Waals surface area contributed by atoms with Crippen LogP contribution in [0.4, 0.5) is 0 Å². The van der Waals surface area contributed by atoms with E-state index in [4.69, 9.17) is 6.42 Å². The number of carbonyl (C=O) groups is 1. The lowest BCUT2D eigenvalue weighted by Crippen LogP contribution is -2.56. The molecule has 0 saturated heterocycles. The van der Waals surface area contributed by atoms with Crippen LogP contribution in [0.15, 0.2) is 0 Å². The second kappa shape index (κ2) is 4.77. The van der Waals surface area contributed by atoms with Gasteiger partial charge in [0, 0.05) is 18.9 Å². The number of terminal acetylenes is 1. The van der Waals surface area contributed by atoms with Crippen LogP contribution in [0.5, 0.6) is 0 Å². The average molecular weight is 287 g/mol. The predicted octanol–water partition coefficient (Wildman–Crippen LogP) is 3.90. The first-order chi connectivity index (χ1) is 9.76. The van der Waals surface area contributed by atoms with Gasteiger partial charge in [-0.3, -0.25) is 4.79 Å². The van der Waals surface area contributed by atoms with Crippen LogP contribution in [-0.4, -0.2) is 11.9 Å². The molecule has 0 heterocycles. The Labute approximate surface area is 129 Å². The number of rotatable bonds is 4. The second-order valence-corrected chi connectivity index (χ2v) is 9.18. The molecular weight excluding hydrogens is 258 g/mol. The summed E-state index contributed by atoms with van der Waals surface area (Å²) >= 11 is 0. The molecule has 0 aromatic carbocycles. The fourth-order valence-corrected chi connectivity index (χ4v) is 6.78. The standard InChI is InChI=1S/C19H29NO/c1-5-6-14(2)20-16(21)10-19-9-15-7-17(3,12-19)11-18(4,8-15)13-19/h1,14-15H,6-13H2,2-4H3,(H,20,21). The van der Waals surface area contributed by atoms with Gasteiger partial charge in [0.2, 0.25) is 5.91 Å². The molecule has 4 bridgehead atoms. The summed E-state index contributed by atoms with van der Waals surface area (Å²) in [5.74, 6) is 3.70. The molecule has 0 aromatic heterocycles. The van der Waals surface area contributed by atoms with Gasteiger partial charge >= 0.3 is 0 Å². The minimum atomic E-state index is 0.0996. The number of carbonyl (C=O) groups excluding carboxylic acids is 1. The van der Waals surface area contributed by atoms with E-state index in [0.717, 1.165) is 5.92 Å². The smallest absolute Gasteiger partial charge is 0.220 e. The van der Waals surface area contributed by atoms with Crippen LogP contribution < -0.4 is 5.32 Å². The maximum absolute atomic E-state index is 12.4. The molecule has 2 heteroatoms. The van der Waals surface area contributed by atoms with E-state index in [1.54, 1.807) is 0 Å². The van der Waals surface area contributed by atoms with E-state index in [1.165, 1.54) is 38.5 Å². The first-order valence-electron chi connectivity index (χ1n) is 8.48. The lowest BCUT2D eigenvalue weighted by Gasteiger charge is -2.65. The van der Waals surface area contributed by atoms with Crippen LogP contribution in [0.1, 0.15) is 72.1 Å². The molecule has 4 saturated carbocycles. The molecule has 3 atom stereocenters. The third-order valence-corrected chi connectivity index (χ3v) is 6.11. The highest BCUT2D eigenvalue weighted by atomic mass is 16.1. The van der Waals surface area contributed by atoms with Crippen molar-refractivity contribution in [1.82, 2.24) is 5.32 Å². The molecule has 4 aliphatic rings. The van der Waals surface area contributed by atoms with E-state index in [2.05, 4.69) is 25.1 Å². The van der Waals surface area contributed by atoms with Crippen LogP contribution in [0, 0.1) is 34.5 Å². The Morgan fingerprint density at radius 1 is 1.24 bits per heavy atom. The first kappa shape index (κ1) is 14.9. The first-order valence-corrected chi connectivity index (χ1v) is 8.48. The SMILES string of the molecule is C#CCC(C)NC(=O)CC12CC3CC(C)(CC(C)(C3)C1)C2. The maximum Gasteiger partial charge on any atom is 0.220 e. The molecule has 2 nitrogen and oxygen atoms in total. The van der Waals surface area contributed by atoms with Gasteiger partial charge in [0.1, 0.15) is 0 Å². The van der Waals surface area contributed by atoms with Gasteiger partial charge in [-0.1, -0.05) is 13.8 Å². The number of amides is 1. The topological polar surface area (TPSA) is 29.1 Å². The lowest BCUT2D eigenvalue weighted by atomic mass is 9.40. The molecule has 1 N–H and O–H groups in total. The summed E-state index contributed by atoms with van der Waals surface area (Å²) in [4.78, 5) is 12.4. The van der Waals surface area contributed by atoms with Crippen LogP contribution in [0.25, 0.3) is 0 Å². The van der Waals surface area contributed by atoms with Crippen molar-refractivity contribution in [2.45, 2.75) is 78.2 Å². The van der Waals surface area contributed by atoms with Crippen LogP contribution in [0.3, 0.4) is 0 Å². The highest BCUT2D eigenvalue weighted by molar-refractivity contribution is 5.77. The van der Waals surface area contributed by atoms with Gasteiger partial charge in [-0.25, -0.2) is 0 Å². The van der Waals surface area contributed by atoms with E-state index in [0.29, 0.717) is 23.7 Å². The summed E-state index contributed by atoms with van der Waals surface area (Å²) in [6.45, 7) is 6.92. The fourth-order valence-electron chi connectivity index (χ4n) is 6.78. The highest BCUT2D eigenvalue weighted by Crippen LogP contribution is 2.70. The van der Waals surface area contributed by atoms with Crippen molar-refractivity contribution >= 4 is 5.91 Å². The van der Waals surface area contributed by atoms with E-state index in [9.17, 15) is 4.79 Å². The van der Waals surface area contributed by atoms with E-state index in [1.807, 2.05) is 6.92 Å². The van der Waals surface area contributed by atoms with Crippen molar-refractivity contribution in [3.8, 4) is 12.3 Å². The van der Waals surface area contributed by atoms with Crippen LogP contribution >= 0.6 is 0 Å². The van der Waals surface area contributed by atoms with Gasteiger partial charge in [-0.15, -0.1) is 12.3 Å². The van der Waals surface area contributed by atoms with Gasteiger partial charge in [-0.05, 0) is 67.6 Å². The molecule has 4 fully saturated rings. The Hall–Kier alpha value is -0.970. The minimum Gasteiger partial charge on any atom is -0.353 e. The third-order valence-electron chi connectivity index (χ3n) is 6.11. The average Bonchev–Trinajstić information content (AvgIpc) is 2.21. The molecule has 4 aliphatic carbocycles. The van der Waals surface area contributed by atoms with Gasteiger partial charge in [-0.2, -0.15) is 0 Å². The second-order valence-electron chi connectivity index (χ2n) is 9.18. The summed E-state index contributed by atoms with van der Waals surface area (Å²) in [6, 6.07) is 0.0996. The predicted molar refractivity (Wildman–Crippen MR) is 85.5 cm³/mol. The van der Waals surface area contributed by atoms with Crippen molar-refractivity contribution in [2.24, 2.45) is 22.2 Å². The summed E-state index contributed by atoms with van der Waals surface area (Å²) in [5, 5.41) is 3.10. The molecule has 1 amide bonds. The zero-order chi connectivity index (χ0) is 15.3. The molecule has 0 aromatic rings. The van der Waals surface area contributed by atoms with Gasteiger partial charge < -0.3 is 5.32 Å². The van der Waals surface area contributed by atoms with Crippen LogP contribution in [0.2, 0.25) is 0 Å². The number of nitrogens with one attached hydrogen (secondary N) is 1. The Balaban J connectivity index is 1.70. The molecule has 0 radical (unpaired) electrons. The quantitative estimate of drug-likeness (QED) is 0.781. The summed E-state index contributed by atoms with van der Waals surface area (Å²) in [5.41, 5.74) is 1.24. The van der Waals surface area contributed by atoms with Gasteiger partial charge in [0.15, 0.2) is 0 Å². The molecule has 21 heavy (non-hydrogen) atoms. The Kier molecular flexibility index (Phi) is 3.39. The molecule has 4 rings (SSSR count). The number of hydrogen-bond acceptors (Lipinski definition) is 1. The molecule has 3 unspecified atom stereocenters. The molecule has 0 spiro atoms. The number of hydrogen-bond donors (Lipinski definition) is 1. The monoisotopic (exact) mass is 287 g/mol. The lowest BCUT2D eigenvalue weighted by molar-refractivity contribution is -0.156. The molecule has 116 valence electrons. The highest BCUT2D eigenvalue weighted by Gasteiger charge is 2.60. The Bertz CT molecular complexity index is 470. The zero-order valence-electron chi connectivity index (χ0n) is 13.8. The fraction of sp³-hybridized carbons (Fsp3) is 0.842. The summed E-state index contributed by atoms with van der Waals surface area (Å²) in [6.07, 6.45) is 14.6. The Morgan fingerprint density at radius 2 is 1.86 bits per heavy atom. The van der Waals surface area contributed by atoms with Crippen molar-refractivity contribution < 1.29 is 4.79 Å². The molecule has 0 aliphatic heterocycles. The van der Waals surface area contributed by atoms with Crippen molar-refractivity contribution in [3.05, 3.63) is 0 Å². The van der Waals surface area contributed by atoms with Gasteiger partial charge in [0.25, 0.3) is 0 Å². The minimum absolute atomic E-state index is 0.0996. The summed E-state index contributed by atoms with van der Waals surface area (Å²) < 4.78 is 0. The van der Waals surface area contributed by atoms with Crippen molar-refractivity contribution in [3.63, 3.8) is 0 Å². The third kappa shape index (κ3) is 2.85. The largest absolute Gasteiger partial charge is 0.353 e. The van der Waals surface area contributed by atoms with E-state index >= 15 is 0 Å². The van der Waals surface area contributed by atoms with Gasteiger partial charge in [0.05, 0.1) is 0 Å². The van der Waals surface area contributed by atoms with Crippen molar-refractivity contribution in [2.75, 3.05) is 0 Å². The maximum atomic E-state index is 12.4. The Morgan fingerprint density at radius 3 is 2.38 bits per heavy atom. The zero-order valence-corrected chi connectivity index (χ0v) is 13.8. The van der Waals surface area contributed by atoms with Crippen molar-refractivity contribution in [1.29, 1.82) is 0 Å². The normalized spacial score (nSPS) is 45.1. The van der Waals surface area contributed by atoms with Crippen LogP contribution in [-0.2, 0) is 4.79 Å². The molecular formula is C19H29NO. The van der Waals surface area contributed by atoms with E-state index < -0.39 is 0 Å². The summed E-state index contributed by atoms with van der Waals surface area (Å²) in [7, 11) is 0.